The molecule has 128 valence electrons. The second-order valence-corrected chi connectivity index (χ2v) is 7.22. The van der Waals surface area contributed by atoms with Crippen LogP contribution in [-0.4, -0.2) is 42.3 Å². The summed E-state index contributed by atoms with van der Waals surface area (Å²) in [6.45, 7) is 4.10. The van der Waals surface area contributed by atoms with Crippen molar-refractivity contribution in [3.8, 4) is 0 Å². The molecule has 24 heavy (non-hydrogen) atoms. The van der Waals surface area contributed by atoms with Gasteiger partial charge in [-0.15, -0.1) is 0 Å². The van der Waals surface area contributed by atoms with E-state index in [9.17, 15) is 9.90 Å². The lowest BCUT2D eigenvalue weighted by Crippen LogP contribution is -2.52. The number of aliphatic hydroxyl groups excluding tert-OH is 1. The van der Waals surface area contributed by atoms with Crippen LogP contribution in [-0.2, 0) is 16.0 Å². The van der Waals surface area contributed by atoms with E-state index in [2.05, 4.69) is 35.6 Å². The maximum absolute atomic E-state index is 13.0. The maximum atomic E-state index is 13.0. The van der Waals surface area contributed by atoms with Crippen molar-refractivity contribution in [2.45, 2.75) is 31.4 Å². The van der Waals surface area contributed by atoms with Gasteiger partial charge >= 0.3 is 0 Å². The van der Waals surface area contributed by atoms with Gasteiger partial charge in [-0.05, 0) is 43.7 Å². The predicted molar refractivity (Wildman–Crippen MR) is 95.1 cm³/mol. The van der Waals surface area contributed by atoms with Crippen LogP contribution in [0.2, 0.25) is 0 Å². The third kappa shape index (κ3) is 3.09. The van der Waals surface area contributed by atoms with E-state index in [0.29, 0.717) is 13.0 Å². The first kappa shape index (κ1) is 17.1. The molecule has 1 saturated heterocycles. The Bertz CT molecular complexity index is 749. The van der Waals surface area contributed by atoms with Crippen LogP contribution in [0.4, 0.5) is 0 Å². The number of hydrogen-bond donors (Lipinski definition) is 2. The van der Waals surface area contributed by atoms with Gasteiger partial charge in [0.2, 0.25) is 0 Å². The van der Waals surface area contributed by atoms with Gasteiger partial charge in [0.05, 0.1) is 13.2 Å². The minimum Gasteiger partial charge on any atom is -0.393 e. The number of carbonyl (C=O) groups is 1. The Kier molecular flexibility index (Phi) is 4.47. The molecule has 0 aromatic heterocycles. The van der Waals surface area contributed by atoms with Crippen LogP contribution < -0.4 is 5.32 Å². The van der Waals surface area contributed by atoms with Gasteiger partial charge in [-0.3, -0.25) is 4.79 Å². The van der Waals surface area contributed by atoms with Gasteiger partial charge < -0.3 is 15.2 Å². The number of epoxide rings is 1. The summed E-state index contributed by atoms with van der Waals surface area (Å²) in [4.78, 5) is 13.0. The molecule has 2 atom stereocenters. The summed E-state index contributed by atoms with van der Waals surface area (Å²) < 4.78 is 5.31. The first-order valence-electron chi connectivity index (χ1n) is 8.37. The zero-order chi connectivity index (χ0) is 17.4. The molecule has 0 radical (unpaired) electrons. The Hall–Kier alpha value is -1.75. The molecule has 1 heterocycles. The highest BCUT2D eigenvalue weighted by Crippen LogP contribution is 2.35. The van der Waals surface area contributed by atoms with E-state index in [1.807, 2.05) is 33.0 Å². The van der Waals surface area contributed by atoms with Gasteiger partial charge in [0.15, 0.2) is 11.4 Å². The van der Waals surface area contributed by atoms with Crippen molar-refractivity contribution >= 4 is 16.6 Å². The first-order valence-corrected chi connectivity index (χ1v) is 8.37. The minimum atomic E-state index is -0.990. The summed E-state index contributed by atoms with van der Waals surface area (Å²) in [6.07, 6.45) is 0.614. The fourth-order valence-corrected chi connectivity index (χ4v) is 3.17. The number of fused-ring (bicyclic) bond motifs is 1. The summed E-state index contributed by atoms with van der Waals surface area (Å²) in [5, 5.41) is 15.2. The van der Waals surface area contributed by atoms with Gasteiger partial charge in [0.25, 0.3) is 0 Å². The van der Waals surface area contributed by atoms with Crippen LogP contribution in [0.15, 0.2) is 42.5 Å². The van der Waals surface area contributed by atoms with E-state index in [-0.39, 0.29) is 18.3 Å². The lowest BCUT2D eigenvalue weighted by molar-refractivity contribution is -0.131. The molecule has 1 aliphatic heterocycles. The molecule has 0 spiro atoms. The molecule has 2 unspecified atom stereocenters. The van der Waals surface area contributed by atoms with Gasteiger partial charge in [-0.2, -0.15) is 0 Å². The molecular weight excluding hydrogens is 302 g/mol. The molecule has 4 nitrogen and oxygen atoms in total. The number of rotatable bonds is 7. The molecule has 4 heteroatoms. The molecule has 2 N–H and O–H groups in total. The van der Waals surface area contributed by atoms with Crippen molar-refractivity contribution in [2.24, 2.45) is 5.92 Å². The third-order valence-corrected chi connectivity index (χ3v) is 5.28. The normalized spacial score (nSPS) is 21.7. The quantitative estimate of drug-likeness (QED) is 0.766. The lowest BCUT2D eigenvalue weighted by Gasteiger charge is -2.34. The fraction of sp³-hybridized carbons (Fsp3) is 0.450. The third-order valence-electron chi connectivity index (χ3n) is 5.28. The Labute approximate surface area is 142 Å². The molecule has 0 amide bonds. The van der Waals surface area contributed by atoms with E-state index in [4.69, 9.17) is 4.74 Å². The van der Waals surface area contributed by atoms with Crippen LogP contribution in [0.25, 0.3) is 10.8 Å². The van der Waals surface area contributed by atoms with Crippen molar-refractivity contribution < 1.29 is 14.6 Å². The Morgan fingerprint density at radius 1 is 1.29 bits per heavy atom. The van der Waals surface area contributed by atoms with Crippen molar-refractivity contribution in [3.05, 3.63) is 48.0 Å². The monoisotopic (exact) mass is 327 g/mol. The van der Waals surface area contributed by atoms with Gasteiger partial charge in [-0.1, -0.05) is 42.5 Å². The molecule has 3 rings (SSSR count). The van der Waals surface area contributed by atoms with E-state index >= 15 is 0 Å². The number of ether oxygens (including phenoxy) is 1. The largest absolute Gasteiger partial charge is 0.393 e. The number of carbonyl (C=O) groups excluding carboxylic acids is 1. The average Bonchev–Trinajstić information content (AvgIpc) is 3.40. The average molecular weight is 327 g/mol. The van der Waals surface area contributed by atoms with E-state index in [0.717, 1.165) is 5.56 Å². The highest BCUT2D eigenvalue weighted by Gasteiger charge is 2.55. The fourth-order valence-electron chi connectivity index (χ4n) is 3.17. The lowest BCUT2D eigenvalue weighted by atomic mass is 9.76. The van der Waals surface area contributed by atoms with Crippen LogP contribution in [0.5, 0.6) is 0 Å². The van der Waals surface area contributed by atoms with Crippen LogP contribution in [0, 0.1) is 5.92 Å². The highest BCUT2D eigenvalue weighted by molar-refractivity contribution is 5.93. The molecular formula is C20H25NO3. The molecule has 0 saturated carbocycles. The van der Waals surface area contributed by atoms with Gasteiger partial charge in [0.1, 0.15) is 0 Å². The molecule has 1 fully saturated rings. The van der Waals surface area contributed by atoms with E-state index in [1.165, 1.54) is 10.8 Å². The number of nitrogens with one attached hydrogen (secondary N) is 1. The zero-order valence-electron chi connectivity index (χ0n) is 14.5. The Morgan fingerprint density at radius 3 is 2.54 bits per heavy atom. The van der Waals surface area contributed by atoms with Crippen molar-refractivity contribution in [1.29, 1.82) is 0 Å². The molecule has 2 aromatic carbocycles. The van der Waals surface area contributed by atoms with Crippen molar-refractivity contribution in [2.75, 3.05) is 20.3 Å². The number of benzene rings is 2. The topological polar surface area (TPSA) is 61.9 Å². The summed E-state index contributed by atoms with van der Waals surface area (Å²) in [7, 11) is 1.86. The smallest absolute Gasteiger partial charge is 0.174 e. The second kappa shape index (κ2) is 6.28. The minimum absolute atomic E-state index is 0.0162. The number of ketones is 1. The maximum Gasteiger partial charge on any atom is 0.174 e. The van der Waals surface area contributed by atoms with Crippen LogP contribution in [0.3, 0.4) is 0 Å². The number of hydrogen-bond acceptors (Lipinski definition) is 4. The summed E-state index contributed by atoms with van der Waals surface area (Å²) in [5.74, 6) is -0.296. The first-order chi connectivity index (χ1) is 11.4. The zero-order valence-corrected chi connectivity index (χ0v) is 14.5. The van der Waals surface area contributed by atoms with Gasteiger partial charge in [-0.25, -0.2) is 0 Å². The van der Waals surface area contributed by atoms with Crippen LogP contribution >= 0.6 is 0 Å². The van der Waals surface area contributed by atoms with Crippen molar-refractivity contribution in [1.82, 2.24) is 5.32 Å². The van der Waals surface area contributed by atoms with E-state index < -0.39 is 11.1 Å². The summed E-state index contributed by atoms with van der Waals surface area (Å²) in [5.41, 5.74) is -0.268. The Balaban J connectivity index is 1.92. The summed E-state index contributed by atoms with van der Waals surface area (Å²) >= 11 is 0. The number of aliphatic hydroxyl groups is 1. The second-order valence-electron chi connectivity index (χ2n) is 7.22. The van der Waals surface area contributed by atoms with Crippen molar-refractivity contribution in [3.63, 3.8) is 0 Å². The molecule has 2 aromatic rings. The van der Waals surface area contributed by atoms with E-state index in [1.54, 1.807) is 0 Å². The van der Waals surface area contributed by atoms with Gasteiger partial charge in [0, 0.05) is 11.5 Å². The predicted octanol–water partition coefficient (Wildman–Crippen LogP) is 2.33. The molecule has 0 aliphatic carbocycles. The summed E-state index contributed by atoms with van der Waals surface area (Å²) in [6, 6.07) is 14.5. The SMILES string of the molecule is CNC(C)(C)C(Cc1ccc2ccccc2c1)C(=O)C1(CO)CO1. The molecule has 0 bridgehead atoms. The Morgan fingerprint density at radius 2 is 1.96 bits per heavy atom. The standard InChI is InChI=1S/C20H25NO3/c1-19(2,21-3)17(18(23)20(12-22)13-24-20)11-14-8-9-15-6-4-5-7-16(15)10-14/h4-10,17,21-22H,11-13H2,1-3H3. The van der Waals surface area contributed by atoms with Crippen LogP contribution in [0.1, 0.15) is 19.4 Å². The molecule has 1 aliphatic rings. The highest BCUT2D eigenvalue weighted by atomic mass is 16.6. The number of Topliss-reactive ketones (excluding diaryl/α,β-unsaturated/α-hetero) is 1.